The van der Waals surface area contributed by atoms with Gasteiger partial charge < -0.3 is 36.4 Å². The average molecular weight is 547 g/mol. The minimum Gasteiger partial charge on any atom is -0.506 e. The fourth-order valence-corrected chi connectivity index (χ4v) is 4.92. The normalized spacial score (nSPS) is 14.6. The number of β-amino-alcohol motifs (C(OH)–C–C–N with tert-alkyl or cyclic N) is 1. The van der Waals surface area contributed by atoms with Gasteiger partial charge in [0.1, 0.15) is 11.6 Å². The summed E-state index contributed by atoms with van der Waals surface area (Å²) in [5.41, 5.74) is 7.54. The number of aliphatic hydroxyl groups is 1. The lowest BCUT2D eigenvalue weighted by Crippen LogP contribution is -2.49. The van der Waals surface area contributed by atoms with Crippen molar-refractivity contribution in [3.8, 4) is 5.75 Å². The molecule has 2 heterocycles. The molecule has 1 aliphatic rings. The highest BCUT2D eigenvalue weighted by Gasteiger charge is 2.23. The average Bonchev–Trinajstić information content (AvgIpc) is 2.93. The van der Waals surface area contributed by atoms with E-state index >= 15 is 0 Å². The SMILES string of the molecule is CC(C)(Cc1cccc(CC(=O)N2CCN(c3ccccn3)CC2)c1)NCC(O)c1ccc(O)c(NC(N)=O)c1. The molecule has 1 atom stereocenters. The third-order valence-electron chi connectivity index (χ3n) is 7.04. The van der Waals surface area contributed by atoms with E-state index in [1.54, 1.807) is 12.3 Å². The Bertz CT molecular complexity index is 1310. The number of nitrogens with zero attached hydrogens (tertiary/aromatic N) is 3. The number of primary amides is 1. The van der Waals surface area contributed by atoms with Crippen LogP contribution in [0.4, 0.5) is 16.3 Å². The monoisotopic (exact) mass is 546 g/mol. The van der Waals surface area contributed by atoms with Crippen LogP contribution in [0.25, 0.3) is 0 Å². The number of phenolic OH excluding ortho intramolecular Hbond substituents is 1. The van der Waals surface area contributed by atoms with E-state index in [0.717, 1.165) is 30.0 Å². The van der Waals surface area contributed by atoms with Crippen molar-refractivity contribution in [3.63, 3.8) is 0 Å². The molecule has 3 amide bonds. The molecule has 10 nitrogen and oxygen atoms in total. The topological polar surface area (TPSA) is 144 Å². The number of aliphatic hydroxyl groups excluding tert-OH is 1. The number of carbonyl (C=O) groups is 2. The zero-order valence-corrected chi connectivity index (χ0v) is 23.0. The van der Waals surface area contributed by atoms with Crippen LogP contribution in [-0.2, 0) is 17.6 Å². The fraction of sp³-hybridized carbons (Fsp3) is 0.367. The molecule has 1 aromatic heterocycles. The van der Waals surface area contributed by atoms with Gasteiger partial charge in [0.25, 0.3) is 0 Å². The first-order valence-corrected chi connectivity index (χ1v) is 13.4. The lowest BCUT2D eigenvalue weighted by Gasteiger charge is -2.35. The second kappa shape index (κ2) is 12.8. The summed E-state index contributed by atoms with van der Waals surface area (Å²) in [4.78, 5) is 32.7. The van der Waals surface area contributed by atoms with E-state index < -0.39 is 12.1 Å². The largest absolute Gasteiger partial charge is 0.506 e. The number of amides is 3. The molecule has 6 N–H and O–H groups in total. The number of aromatic nitrogens is 1. The number of benzene rings is 2. The lowest BCUT2D eigenvalue weighted by atomic mass is 9.93. The smallest absolute Gasteiger partial charge is 0.316 e. The van der Waals surface area contributed by atoms with Crippen LogP contribution >= 0.6 is 0 Å². The van der Waals surface area contributed by atoms with Crippen molar-refractivity contribution in [1.82, 2.24) is 15.2 Å². The third-order valence-corrected chi connectivity index (χ3v) is 7.04. The Balaban J connectivity index is 1.29. The standard InChI is InChI=1S/C30H38N6O4/c1-30(2,33-20-26(38)23-9-10-25(37)24(18-23)34-29(31)40)19-22-7-5-6-21(16-22)17-28(39)36-14-12-35(13-15-36)27-8-3-4-11-32-27/h3-11,16,18,26,33,37-38H,12-15,17,19-20H2,1-2H3,(H3,31,34,40). The van der Waals surface area contributed by atoms with Crippen LogP contribution in [0.5, 0.6) is 5.75 Å². The molecule has 1 unspecified atom stereocenters. The van der Waals surface area contributed by atoms with Gasteiger partial charge in [0.05, 0.1) is 18.2 Å². The Hall–Kier alpha value is -4.15. The van der Waals surface area contributed by atoms with Crippen LogP contribution in [0.2, 0.25) is 0 Å². The Morgan fingerprint density at radius 2 is 1.77 bits per heavy atom. The van der Waals surface area contributed by atoms with Gasteiger partial charge in [-0.3, -0.25) is 4.79 Å². The molecule has 212 valence electrons. The number of aromatic hydroxyl groups is 1. The van der Waals surface area contributed by atoms with Crippen LogP contribution in [0.3, 0.4) is 0 Å². The van der Waals surface area contributed by atoms with Gasteiger partial charge in [-0.1, -0.05) is 36.4 Å². The van der Waals surface area contributed by atoms with Gasteiger partial charge in [-0.15, -0.1) is 0 Å². The fourth-order valence-electron chi connectivity index (χ4n) is 4.92. The number of pyridine rings is 1. The molecule has 10 heteroatoms. The molecule has 1 aliphatic heterocycles. The number of nitrogens with two attached hydrogens (primary N) is 1. The first kappa shape index (κ1) is 28.8. The van der Waals surface area contributed by atoms with E-state index in [2.05, 4.69) is 40.4 Å². The molecular formula is C30H38N6O4. The van der Waals surface area contributed by atoms with E-state index in [1.165, 1.54) is 12.1 Å². The zero-order valence-electron chi connectivity index (χ0n) is 23.0. The van der Waals surface area contributed by atoms with E-state index in [1.807, 2.05) is 41.3 Å². The molecule has 0 bridgehead atoms. The maximum atomic E-state index is 13.0. The number of hydrogen-bond acceptors (Lipinski definition) is 7. The molecule has 0 radical (unpaired) electrons. The van der Waals surface area contributed by atoms with E-state index in [-0.39, 0.29) is 29.4 Å². The van der Waals surface area contributed by atoms with Crippen molar-refractivity contribution in [3.05, 3.63) is 83.6 Å². The number of hydrogen-bond donors (Lipinski definition) is 5. The molecule has 0 spiro atoms. The minimum absolute atomic E-state index is 0.123. The molecule has 0 aliphatic carbocycles. The van der Waals surface area contributed by atoms with Crippen molar-refractivity contribution < 1.29 is 19.8 Å². The third kappa shape index (κ3) is 7.93. The summed E-state index contributed by atoms with van der Waals surface area (Å²) in [6.07, 6.45) is 1.96. The van der Waals surface area contributed by atoms with Crippen molar-refractivity contribution in [2.75, 3.05) is 42.9 Å². The van der Waals surface area contributed by atoms with Crippen LogP contribution in [0.15, 0.2) is 66.9 Å². The van der Waals surface area contributed by atoms with E-state index in [4.69, 9.17) is 5.73 Å². The predicted octanol–water partition coefficient (Wildman–Crippen LogP) is 2.81. The lowest BCUT2D eigenvalue weighted by molar-refractivity contribution is -0.130. The van der Waals surface area contributed by atoms with Gasteiger partial charge in [0.15, 0.2) is 0 Å². The summed E-state index contributed by atoms with van der Waals surface area (Å²) in [7, 11) is 0. The number of piperazine rings is 1. The van der Waals surface area contributed by atoms with Gasteiger partial charge in [0.2, 0.25) is 5.91 Å². The van der Waals surface area contributed by atoms with Crippen LogP contribution in [-0.4, -0.2) is 70.3 Å². The Kier molecular flexibility index (Phi) is 9.23. The van der Waals surface area contributed by atoms with Crippen LogP contribution in [0, 0.1) is 0 Å². The van der Waals surface area contributed by atoms with E-state index in [0.29, 0.717) is 31.5 Å². The van der Waals surface area contributed by atoms with E-state index in [9.17, 15) is 19.8 Å². The van der Waals surface area contributed by atoms with Crippen molar-refractivity contribution in [1.29, 1.82) is 0 Å². The quantitative estimate of drug-likeness (QED) is 0.246. The summed E-state index contributed by atoms with van der Waals surface area (Å²) in [6, 6.07) is 17.6. The molecule has 3 aromatic rings. The van der Waals surface area contributed by atoms with Gasteiger partial charge in [-0.2, -0.15) is 0 Å². The minimum atomic E-state index is -0.865. The van der Waals surface area contributed by atoms with Gasteiger partial charge in [-0.05, 0) is 61.2 Å². The van der Waals surface area contributed by atoms with Crippen LogP contribution < -0.4 is 21.3 Å². The first-order valence-electron chi connectivity index (χ1n) is 13.4. The molecule has 1 saturated heterocycles. The van der Waals surface area contributed by atoms with Crippen molar-refractivity contribution in [2.45, 2.75) is 38.3 Å². The van der Waals surface area contributed by atoms with Crippen LogP contribution in [0.1, 0.15) is 36.6 Å². The van der Waals surface area contributed by atoms with Crippen molar-refractivity contribution in [2.24, 2.45) is 5.73 Å². The number of anilines is 2. The number of rotatable bonds is 10. The van der Waals surface area contributed by atoms with Gasteiger partial charge in [0, 0.05) is 44.5 Å². The summed E-state index contributed by atoms with van der Waals surface area (Å²) in [5.74, 6) is 0.935. The Morgan fingerprint density at radius 3 is 2.48 bits per heavy atom. The summed E-state index contributed by atoms with van der Waals surface area (Å²) < 4.78 is 0. The Morgan fingerprint density at radius 1 is 1.02 bits per heavy atom. The summed E-state index contributed by atoms with van der Waals surface area (Å²) in [5, 5.41) is 26.4. The summed E-state index contributed by atoms with van der Waals surface area (Å²) in [6.45, 7) is 7.25. The number of nitrogens with one attached hydrogen (secondary N) is 2. The van der Waals surface area contributed by atoms with Crippen molar-refractivity contribution >= 4 is 23.4 Å². The molecule has 4 rings (SSSR count). The second-order valence-corrected chi connectivity index (χ2v) is 10.8. The highest BCUT2D eigenvalue weighted by atomic mass is 16.3. The Labute approximate surface area is 234 Å². The zero-order chi connectivity index (χ0) is 28.7. The number of carbonyl (C=O) groups excluding carboxylic acids is 2. The molecule has 1 fully saturated rings. The molecule has 2 aromatic carbocycles. The molecule has 0 saturated carbocycles. The number of urea groups is 1. The maximum absolute atomic E-state index is 13.0. The molecule has 40 heavy (non-hydrogen) atoms. The highest BCUT2D eigenvalue weighted by Crippen LogP contribution is 2.27. The second-order valence-electron chi connectivity index (χ2n) is 10.8. The van der Waals surface area contributed by atoms with Gasteiger partial charge >= 0.3 is 6.03 Å². The molecular weight excluding hydrogens is 508 g/mol. The predicted molar refractivity (Wildman–Crippen MR) is 155 cm³/mol. The maximum Gasteiger partial charge on any atom is 0.316 e. The summed E-state index contributed by atoms with van der Waals surface area (Å²) >= 11 is 0. The highest BCUT2D eigenvalue weighted by molar-refractivity contribution is 5.89. The number of phenols is 1. The first-order chi connectivity index (χ1) is 19.1. The van der Waals surface area contributed by atoms with Gasteiger partial charge in [-0.25, -0.2) is 9.78 Å².